The third-order valence-electron chi connectivity index (χ3n) is 3.67. The number of likely N-dealkylation sites (tertiary alicyclic amines) is 1. The molecule has 0 saturated carbocycles. The standard InChI is InChI=1S/C14H21NO/c1-3-13-8-5-9-15(13)10-12-7-4-6-11(2)14(12)16/h4,6-7,13,16H,3,5,8-10H2,1-2H3. The summed E-state index contributed by atoms with van der Waals surface area (Å²) in [7, 11) is 0. The van der Waals surface area contributed by atoms with Gasteiger partial charge in [-0.25, -0.2) is 0 Å². The fourth-order valence-electron chi connectivity index (χ4n) is 2.63. The molecular weight excluding hydrogens is 198 g/mol. The first-order chi connectivity index (χ1) is 7.72. The van der Waals surface area contributed by atoms with Crippen molar-refractivity contribution in [2.45, 2.75) is 45.7 Å². The minimum absolute atomic E-state index is 0.476. The van der Waals surface area contributed by atoms with E-state index in [1.54, 1.807) is 0 Å². The molecule has 1 aliphatic heterocycles. The highest BCUT2D eigenvalue weighted by molar-refractivity contribution is 5.39. The van der Waals surface area contributed by atoms with Gasteiger partial charge in [-0.2, -0.15) is 0 Å². The zero-order valence-electron chi connectivity index (χ0n) is 10.2. The van der Waals surface area contributed by atoms with Crippen molar-refractivity contribution in [3.63, 3.8) is 0 Å². The first-order valence-corrected chi connectivity index (χ1v) is 6.24. The van der Waals surface area contributed by atoms with E-state index in [4.69, 9.17) is 0 Å². The third-order valence-corrected chi connectivity index (χ3v) is 3.67. The summed E-state index contributed by atoms with van der Waals surface area (Å²) in [4.78, 5) is 2.49. The number of phenols is 1. The van der Waals surface area contributed by atoms with Crippen molar-refractivity contribution in [3.05, 3.63) is 29.3 Å². The van der Waals surface area contributed by atoms with Crippen LogP contribution in [0.1, 0.15) is 37.3 Å². The number of phenolic OH excluding ortho intramolecular Hbond substituents is 1. The van der Waals surface area contributed by atoms with Gasteiger partial charge in [-0.05, 0) is 38.3 Å². The molecule has 1 aromatic rings. The molecule has 0 aromatic heterocycles. The summed E-state index contributed by atoms with van der Waals surface area (Å²) in [5.41, 5.74) is 2.05. The number of nitrogens with zero attached hydrogens (tertiary/aromatic N) is 1. The van der Waals surface area contributed by atoms with Crippen LogP contribution < -0.4 is 0 Å². The van der Waals surface area contributed by atoms with Crippen molar-refractivity contribution in [1.29, 1.82) is 0 Å². The zero-order chi connectivity index (χ0) is 11.5. The van der Waals surface area contributed by atoms with Crippen molar-refractivity contribution in [2.24, 2.45) is 0 Å². The molecule has 0 spiro atoms. The molecule has 1 aliphatic rings. The summed E-state index contributed by atoms with van der Waals surface area (Å²) in [5, 5.41) is 9.99. The van der Waals surface area contributed by atoms with Crippen molar-refractivity contribution in [3.8, 4) is 5.75 Å². The SMILES string of the molecule is CCC1CCCN1Cc1cccc(C)c1O. The van der Waals surface area contributed by atoms with Gasteiger partial charge >= 0.3 is 0 Å². The number of para-hydroxylation sites is 1. The molecule has 2 heteroatoms. The highest BCUT2D eigenvalue weighted by atomic mass is 16.3. The van der Waals surface area contributed by atoms with Crippen LogP contribution in [-0.2, 0) is 6.54 Å². The average Bonchev–Trinajstić information content (AvgIpc) is 2.72. The molecular formula is C14H21NO. The number of hydrogen-bond acceptors (Lipinski definition) is 2. The lowest BCUT2D eigenvalue weighted by Crippen LogP contribution is -2.28. The molecule has 0 radical (unpaired) electrons. The van der Waals surface area contributed by atoms with Crippen LogP contribution in [0.15, 0.2) is 18.2 Å². The Balaban J connectivity index is 2.11. The number of hydrogen-bond donors (Lipinski definition) is 1. The number of aryl methyl sites for hydroxylation is 1. The van der Waals surface area contributed by atoms with Crippen molar-refractivity contribution in [1.82, 2.24) is 4.90 Å². The van der Waals surface area contributed by atoms with Crippen LogP contribution in [0, 0.1) is 6.92 Å². The van der Waals surface area contributed by atoms with E-state index in [0.717, 1.165) is 17.7 Å². The molecule has 1 saturated heterocycles. The summed E-state index contributed by atoms with van der Waals surface area (Å²) < 4.78 is 0. The molecule has 0 aliphatic carbocycles. The Kier molecular flexibility index (Phi) is 3.49. The topological polar surface area (TPSA) is 23.5 Å². The third kappa shape index (κ3) is 2.22. The van der Waals surface area contributed by atoms with E-state index in [-0.39, 0.29) is 0 Å². The van der Waals surface area contributed by atoms with Crippen molar-refractivity contribution < 1.29 is 5.11 Å². The van der Waals surface area contributed by atoms with Gasteiger partial charge in [0.2, 0.25) is 0 Å². The van der Waals surface area contributed by atoms with Gasteiger partial charge in [0, 0.05) is 18.2 Å². The Morgan fingerprint density at radius 1 is 1.44 bits per heavy atom. The average molecular weight is 219 g/mol. The van der Waals surface area contributed by atoms with Crippen molar-refractivity contribution in [2.75, 3.05) is 6.54 Å². The fourth-order valence-corrected chi connectivity index (χ4v) is 2.63. The van der Waals surface area contributed by atoms with Crippen molar-refractivity contribution >= 4 is 0 Å². The summed E-state index contributed by atoms with van der Waals surface area (Å²) in [6.07, 6.45) is 3.82. The zero-order valence-corrected chi connectivity index (χ0v) is 10.2. The van der Waals surface area contributed by atoms with Crippen LogP contribution in [0.5, 0.6) is 5.75 Å². The second-order valence-electron chi connectivity index (χ2n) is 4.76. The smallest absolute Gasteiger partial charge is 0.122 e. The molecule has 16 heavy (non-hydrogen) atoms. The van der Waals surface area contributed by atoms with Gasteiger partial charge in [0.25, 0.3) is 0 Å². The number of aromatic hydroxyl groups is 1. The molecule has 1 unspecified atom stereocenters. The molecule has 1 fully saturated rings. The molecule has 1 N–H and O–H groups in total. The van der Waals surface area contributed by atoms with Gasteiger partial charge in [0.1, 0.15) is 5.75 Å². The van der Waals surface area contributed by atoms with E-state index < -0.39 is 0 Å². The first kappa shape index (κ1) is 11.5. The van der Waals surface area contributed by atoms with Crippen LogP contribution in [0.3, 0.4) is 0 Å². The van der Waals surface area contributed by atoms with Crippen LogP contribution in [-0.4, -0.2) is 22.6 Å². The molecule has 0 amide bonds. The predicted molar refractivity (Wildman–Crippen MR) is 66.6 cm³/mol. The van der Waals surface area contributed by atoms with Crippen LogP contribution in [0.25, 0.3) is 0 Å². The van der Waals surface area contributed by atoms with Gasteiger partial charge in [-0.3, -0.25) is 4.90 Å². The lowest BCUT2D eigenvalue weighted by atomic mass is 10.1. The Morgan fingerprint density at radius 2 is 2.25 bits per heavy atom. The summed E-state index contributed by atoms with van der Waals surface area (Å²) in [5.74, 6) is 0.476. The normalized spacial score (nSPS) is 21.5. The maximum atomic E-state index is 9.99. The molecule has 88 valence electrons. The first-order valence-electron chi connectivity index (χ1n) is 6.24. The van der Waals surface area contributed by atoms with Crippen LogP contribution >= 0.6 is 0 Å². The number of rotatable bonds is 3. The highest BCUT2D eigenvalue weighted by Gasteiger charge is 2.23. The minimum Gasteiger partial charge on any atom is -0.507 e. The quantitative estimate of drug-likeness (QED) is 0.844. The van der Waals surface area contributed by atoms with Gasteiger partial charge < -0.3 is 5.11 Å². The molecule has 0 bridgehead atoms. The Hall–Kier alpha value is -1.02. The molecule has 1 aromatic carbocycles. The summed E-state index contributed by atoms with van der Waals surface area (Å²) in [6.45, 7) is 6.27. The molecule has 2 nitrogen and oxygen atoms in total. The van der Waals surface area contributed by atoms with Gasteiger partial charge in [0.05, 0.1) is 0 Å². The second-order valence-corrected chi connectivity index (χ2v) is 4.76. The fraction of sp³-hybridized carbons (Fsp3) is 0.571. The summed E-state index contributed by atoms with van der Waals surface area (Å²) >= 11 is 0. The Labute approximate surface area is 97.9 Å². The molecule has 1 atom stereocenters. The Bertz CT molecular complexity index is 362. The van der Waals surface area contributed by atoms with Gasteiger partial charge in [0.15, 0.2) is 0 Å². The Morgan fingerprint density at radius 3 is 3.00 bits per heavy atom. The lowest BCUT2D eigenvalue weighted by molar-refractivity contribution is 0.237. The monoisotopic (exact) mass is 219 g/mol. The van der Waals surface area contributed by atoms with E-state index in [2.05, 4.69) is 11.8 Å². The second kappa shape index (κ2) is 4.88. The number of benzene rings is 1. The van der Waals surface area contributed by atoms with E-state index in [1.807, 2.05) is 25.1 Å². The van der Waals surface area contributed by atoms with E-state index in [0.29, 0.717) is 11.8 Å². The maximum absolute atomic E-state index is 9.99. The van der Waals surface area contributed by atoms with E-state index in [1.165, 1.54) is 25.8 Å². The minimum atomic E-state index is 0.476. The summed E-state index contributed by atoms with van der Waals surface area (Å²) in [6, 6.07) is 6.73. The van der Waals surface area contributed by atoms with E-state index >= 15 is 0 Å². The molecule has 2 rings (SSSR count). The van der Waals surface area contributed by atoms with Crippen LogP contribution in [0.2, 0.25) is 0 Å². The highest BCUT2D eigenvalue weighted by Crippen LogP contribution is 2.27. The van der Waals surface area contributed by atoms with Gasteiger partial charge in [-0.1, -0.05) is 25.1 Å². The lowest BCUT2D eigenvalue weighted by Gasteiger charge is -2.23. The van der Waals surface area contributed by atoms with E-state index in [9.17, 15) is 5.11 Å². The largest absolute Gasteiger partial charge is 0.507 e. The predicted octanol–water partition coefficient (Wildman–Crippen LogP) is 3.08. The molecule has 1 heterocycles. The van der Waals surface area contributed by atoms with Gasteiger partial charge in [-0.15, -0.1) is 0 Å². The maximum Gasteiger partial charge on any atom is 0.122 e. The van der Waals surface area contributed by atoms with Crippen LogP contribution in [0.4, 0.5) is 0 Å².